The van der Waals surface area contributed by atoms with Crippen molar-refractivity contribution >= 4 is 17.2 Å². The molecule has 0 aromatic carbocycles. The lowest BCUT2D eigenvalue weighted by Gasteiger charge is -2.20. The van der Waals surface area contributed by atoms with Gasteiger partial charge in [-0.05, 0) is 33.6 Å². The molecule has 0 aromatic rings. The fraction of sp³-hybridized carbons (Fsp3) is 0.917. The van der Waals surface area contributed by atoms with E-state index >= 15 is 0 Å². The normalized spacial score (nSPS) is 18.4. The Morgan fingerprint density at radius 1 is 1.31 bits per heavy atom. The first-order valence-corrected chi connectivity index (χ1v) is 6.24. The number of nitrogens with two attached hydrogens (primary N) is 1. The van der Waals surface area contributed by atoms with E-state index in [1.807, 2.05) is 20.8 Å². The van der Waals surface area contributed by atoms with Crippen LogP contribution in [0.2, 0.25) is 0 Å². The second-order valence-corrected chi connectivity index (χ2v) is 6.18. The molecule has 0 amide bonds. The molecule has 3 nitrogen and oxygen atoms in total. The average Bonchev–Trinajstić information content (AvgIpc) is 2.81. The highest BCUT2D eigenvalue weighted by Gasteiger charge is 2.43. The average molecular weight is 245 g/mol. The van der Waals surface area contributed by atoms with Crippen molar-refractivity contribution in [3.8, 4) is 0 Å². The lowest BCUT2D eigenvalue weighted by Crippen LogP contribution is -2.24. The molecule has 0 aromatic heterocycles. The van der Waals surface area contributed by atoms with Gasteiger partial charge in [-0.15, -0.1) is 0 Å². The Labute approximate surface area is 104 Å². The summed E-state index contributed by atoms with van der Waals surface area (Å²) in [5.74, 6) is 0. The molecule has 1 aliphatic rings. The third kappa shape index (κ3) is 5.77. The van der Waals surface area contributed by atoms with E-state index in [0.717, 1.165) is 13.0 Å². The van der Waals surface area contributed by atoms with Crippen LogP contribution in [0.5, 0.6) is 0 Å². The molecular formula is C12H23NO2S. The van der Waals surface area contributed by atoms with Crippen LogP contribution in [0, 0.1) is 5.41 Å². The third-order valence-corrected chi connectivity index (χ3v) is 2.82. The first-order chi connectivity index (χ1) is 7.33. The highest BCUT2D eigenvalue weighted by Crippen LogP contribution is 2.48. The summed E-state index contributed by atoms with van der Waals surface area (Å²) in [4.78, 5) is 0.604. The largest absolute Gasteiger partial charge is 0.393 e. The Morgan fingerprint density at radius 3 is 2.38 bits per heavy atom. The molecule has 2 N–H and O–H groups in total. The van der Waals surface area contributed by atoms with Crippen molar-refractivity contribution in [2.24, 2.45) is 11.1 Å². The summed E-state index contributed by atoms with van der Waals surface area (Å²) in [5, 5.41) is 0. The van der Waals surface area contributed by atoms with Gasteiger partial charge in [-0.3, -0.25) is 0 Å². The van der Waals surface area contributed by atoms with Crippen LogP contribution in [0.3, 0.4) is 0 Å². The zero-order valence-corrected chi connectivity index (χ0v) is 11.4. The van der Waals surface area contributed by atoms with E-state index < -0.39 is 0 Å². The summed E-state index contributed by atoms with van der Waals surface area (Å²) in [6.07, 6.45) is 3.19. The summed E-state index contributed by atoms with van der Waals surface area (Å²) < 4.78 is 11.2. The van der Waals surface area contributed by atoms with Gasteiger partial charge in [0.2, 0.25) is 0 Å². The SMILES string of the molecule is CC(C)(C)OCCOCC1(CC(N)=S)CC1. The van der Waals surface area contributed by atoms with Crippen molar-refractivity contribution in [1.29, 1.82) is 0 Å². The molecule has 0 aliphatic heterocycles. The van der Waals surface area contributed by atoms with Crippen LogP contribution >= 0.6 is 12.2 Å². The van der Waals surface area contributed by atoms with E-state index in [-0.39, 0.29) is 11.0 Å². The van der Waals surface area contributed by atoms with Gasteiger partial charge < -0.3 is 15.2 Å². The molecule has 0 saturated heterocycles. The van der Waals surface area contributed by atoms with Crippen molar-refractivity contribution in [1.82, 2.24) is 0 Å². The Kier molecular flexibility index (Phi) is 4.71. The summed E-state index contributed by atoms with van der Waals surface area (Å²) in [6.45, 7) is 8.19. The molecule has 0 unspecified atom stereocenters. The van der Waals surface area contributed by atoms with Gasteiger partial charge in [0.15, 0.2) is 0 Å². The second kappa shape index (κ2) is 5.43. The van der Waals surface area contributed by atoms with Crippen LogP contribution in [-0.2, 0) is 9.47 Å². The van der Waals surface area contributed by atoms with Gasteiger partial charge in [0.25, 0.3) is 0 Å². The molecule has 0 spiro atoms. The van der Waals surface area contributed by atoms with Gasteiger partial charge in [-0.25, -0.2) is 0 Å². The van der Waals surface area contributed by atoms with E-state index in [4.69, 9.17) is 27.4 Å². The summed E-state index contributed by atoms with van der Waals surface area (Å²) in [6, 6.07) is 0. The Hall–Kier alpha value is -0.190. The van der Waals surface area contributed by atoms with Crippen LogP contribution in [0.15, 0.2) is 0 Å². The molecule has 1 fully saturated rings. The van der Waals surface area contributed by atoms with E-state index in [9.17, 15) is 0 Å². The monoisotopic (exact) mass is 245 g/mol. The molecule has 4 heteroatoms. The minimum Gasteiger partial charge on any atom is -0.393 e. The van der Waals surface area contributed by atoms with Gasteiger partial charge in [-0.2, -0.15) is 0 Å². The molecule has 0 bridgehead atoms. The fourth-order valence-corrected chi connectivity index (χ4v) is 1.92. The summed E-state index contributed by atoms with van der Waals surface area (Å²) in [7, 11) is 0. The van der Waals surface area contributed by atoms with Crippen molar-refractivity contribution in [3.05, 3.63) is 0 Å². The van der Waals surface area contributed by atoms with Crippen molar-refractivity contribution < 1.29 is 9.47 Å². The molecule has 1 saturated carbocycles. The Morgan fingerprint density at radius 2 is 1.94 bits per heavy atom. The van der Waals surface area contributed by atoms with Crippen LogP contribution in [0.4, 0.5) is 0 Å². The molecule has 1 rings (SSSR count). The van der Waals surface area contributed by atoms with Gasteiger partial charge in [0.05, 0.1) is 30.4 Å². The van der Waals surface area contributed by atoms with E-state index in [2.05, 4.69) is 0 Å². The number of hydrogen-bond acceptors (Lipinski definition) is 3. The van der Waals surface area contributed by atoms with Gasteiger partial charge in [-0.1, -0.05) is 12.2 Å². The van der Waals surface area contributed by atoms with Crippen molar-refractivity contribution in [3.63, 3.8) is 0 Å². The highest BCUT2D eigenvalue weighted by atomic mass is 32.1. The number of hydrogen-bond donors (Lipinski definition) is 1. The van der Waals surface area contributed by atoms with Gasteiger partial charge in [0, 0.05) is 11.8 Å². The second-order valence-electron chi connectivity index (χ2n) is 5.66. The standard InChI is InChI=1S/C12H23NO2S/c1-11(2,3)15-7-6-14-9-12(4-5-12)8-10(13)16/h4-9H2,1-3H3,(H2,13,16). The quantitative estimate of drug-likeness (QED) is 0.552. The Balaban J connectivity index is 2.05. The maximum absolute atomic E-state index is 5.62. The van der Waals surface area contributed by atoms with Crippen LogP contribution in [0.1, 0.15) is 40.0 Å². The minimum absolute atomic E-state index is 0.0839. The van der Waals surface area contributed by atoms with E-state index in [0.29, 0.717) is 18.2 Å². The Bertz CT molecular complexity index is 244. The minimum atomic E-state index is -0.0839. The van der Waals surface area contributed by atoms with Crippen molar-refractivity contribution in [2.75, 3.05) is 19.8 Å². The zero-order valence-electron chi connectivity index (χ0n) is 10.5. The maximum atomic E-state index is 5.62. The molecule has 94 valence electrons. The molecule has 0 atom stereocenters. The topological polar surface area (TPSA) is 44.5 Å². The number of rotatable bonds is 7. The van der Waals surface area contributed by atoms with Gasteiger partial charge >= 0.3 is 0 Å². The molecule has 16 heavy (non-hydrogen) atoms. The number of ether oxygens (including phenoxy) is 2. The zero-order chi connectivity index (χ0) is 12.2. The molecular weight excluding hydrogens is 222 g/mol. The fourth-order valence-electron chi connectivity index (χ4n) is 1.61. The summed E-state index contributed by atoms with van der Waals surface area (Å²) in [5.41, 5.74) is 5.73. The van der Waals surface area contributed by atoms with E-state index in [1.54, 1.807) is 0 Å². The lowest BCUT2D eigenvalue weighted by molar-refractivity contribution is -0.0404. The van der Waals surface area contributed by atoms with Crippen LogP contribution in [-0.4, -0.2) is 30.4 Å². The summed E-state index contributed by atoms with van der Waals surface area (Å²) >= 11 is 4.93. The van der Waals surface area contributed by atoms with E-state index in [1.165, 1.54) is 12.8 Å². The molecule has 0 radical (unpaired) electrons. The third-order valence-electron chi connectivity index (χ3n) is 2.68. The predicted octanol–water partition coefficient (Wildman–Crippen LogP) is 2.27. The maximum Gasteiger partial charge on any atom is 0.0733 e. The predicted molar refractivity (Wildman–Crippen MR) is 69.6 cm³/mol. The number of thiocarbonyl (C=S) groups is 1. The van der Waals surface area contributed by atoms with Gasteiger partial charge in [0.1, 0.15) is 0 Å². The molecule has 0 heterocycles. The van der Waals surface area contributed by atoms with Crippen molar-refractivity contribution in [2.45, 2.75) is 45.6 Å². The molecule has 1 aliphatic carbocycles. The first-order valence-electron chi connectivity index (χ1n) is 5.83. The van der Waals surface area contributed by atoms with Crippen LogP contribution < -0.4 is 5.73 Å². The first kappa shape index (κ1) is 13.9. The van der Waals surface area contributed by atoms with Crippen LogP contribution in [0.25, 0.3) is 0 Å². The lowest BCUT2D eigenvalue weighted by atomic mass is 10.0. The highest BCUT2D eigenvalue weighted by molar-refractivity contribution is 7.80. The smallest absolute Gasteiger partial charge is 0.0733 e.